The average molecular weight is 329 g/mol. The lowest BCUT2D eigenvalue weighted by Crippen LogP contribution is -2.36. The van der Waals surface area contributed by atoms with Crippen molar-refractivity contribution in [2.45, 2.75) is 38.5 Å². The minimum absolute atomic E-state index is 0.159. The van der Waals surface area contributed by atoms with Gasteiger partial charge in [0.25, 0.3) is 0 Å². The molecular weight excluding hydrogens is 302 g/mol. The number of fused-ring (bicyclic) bond motifs is 1. The Balaban J connectivity index is 1.69. The van der Waals surface area contributed by atoms with Gasteiger partial charge in [-0.2, -0.15) is 0 Å². The standard InChI is InChI=1S/C20H27NO3/c1-3-24-20(22)17-8-5-11-21(14-17)13-16-7-4-6-15-9-10-18(23-2)12-19(15)16/h8-10,12,16H,3-7,11,13-14H2,1-2H3. The number of carbonyl (C=O) groups is 1. The summed E-state index contributed by atoms with van der Waals surface area (Å²) in [4.78, 5) is 14.4. The highest BCUT2D eigenvalue weighted by atomic mass is 16.5. The van der Waals surface area contributed by atoms with Crippen LogP contribution in [0.4, 0.5) is 0 Å². The van der Waals surface area contributed by atoms with Gasteiger partial charge in [0.2, 0.25) is 0 Å². The third kappa shape index (κ3) is 3.81. The maximum absolute atomic E-state index is 12.0. The molecule has 0 saturated carbocycles. The van der Waals surface area contributed by atoms with Crippen molar-refractivity contribution in [3.05, 3.63) is 41.0 Å². The van der Waals surface area contributed by atoms with Gasteiger partial charge >= 0.3 is 5.97 Å². The van der Waals surface area contributed by atoms with E-state index in [0.29, 0.717) is 19.1 Å². The van der Waals surface area contributed by atoms with E-state index in [0.717, 1.165) is 37.3 Å². The molecule has 0 aromatic heterocycles. The summed E-state index contributed by atoms with van der Waals surface area (Å²) in [5.41, 5.74) is 3.68. The van der Waals surface area contributed by atoms with Crippen LogP contribution in [0.25, 0.3) is 0 Å². The Morgan fingerprint density at radius 2 is 2.25 bits per heavy atom. The number of ether oxygens (including phenoxy) is 2. The Labute approximate surface area is 144 Å². The van der Waals surface area contributed by atoms with E-state index in [1.807, 2.05) is 13.0 Å². The molecule has 0 amide bonds. The minimum Gasteiger partial charge on any atom is -0.497 e. The summed E-state index contributed by atoms with van der Waals surface area (Å²) in [5.74, 6) is 1.30. The number of aryl methyl sites for hydroxylation is 1. The van der Waals surface area contributed by atoms with E-state index in [1.54, 1.807) is 7.11 Å². The molecule has 4 heteroatoms. The highest BCUT2D eigenvalue weighted by Gasteiger charge is 2.26. The number of nitrogens with zero attached hydrogens (tertiary/aromatic N) is 1. The fourth-order valence-electron chi connectivity index (χ4n) is 3.84. The molecular formula is C20H27NO3. The molecule has 1 aliphatic carbocycles. The lowest BCUT2D eigenvalue weighted by molar-refractivity contribution is -0.138. The van der Waals surface area contributed by atoms with Gasteiger partial charge in [-0.3, -0.25) is 4.90 Å². The zero-order valence-corrected chi connectivity index (χ0v) is 14.7. The molecule has 1 aromatic rings. The monoisotopic (exact) mass is 329 g/mol. The number of esters is 1. The first kappa shape index (κ1) is 17.0. The lowest BCUT2D eigenvalue weighted by Gasteiger charge is -2.33. The number of carbonyl (C=O) groups excluding carboxylic acids is 1. The van der Waals surface area contributed by atoms with Crippen LogP contribution in [0.5, 0.6) is 5.75 Å². The van der Waals surface area contributed by atoms with Crippen molar-refractivity contribution in [1.29, 1.82) is 0 Å². The van der Waals surface area contributed by atoms with Gasteiger partial charge in [0, 0.05) is 25.2 Å². The molecule has 24 heavy (non-hydrogen) atoms. The normalized spacial score (nSPS) is 20.9. The predicted octanol–water partition coefficient (Wildman–Crippen LogP) is 3.31. The molecule has 1 aromatic carbocycles. The summed E-state index contributed by atoms with van der Waals surface area (Å²) >= 11 is 0. The highest BCUT2D eigenvalue weighted by molar-refractivity contribution is 5.89. The van der Waals surface area contributed by atoms with E-state index in [4.69, 9.17) is 9.47 Å². The fourth-order valence-corrected chi connectivity index (χ4v) is 3.84. The van der Waals surface area contributed by atoms with Gasteiger partial charge in [0.15, 0.2) is 0 Å². The molecule has 1 heterocycles. The molecule has 0 fully saturated rings. The fraction of sp³-hybridized carbons (Fsp3) is 0.550. The highest BCUT2D eigenvalue weighted by Crippen LogP contribution is 2.35. The molecule has 0 bridgehead atoms. The first-order chi connectivity index (χ1) is 11.7. The maximum atomic E-state index is 12.0. The molecule has 3 rings (SSSR count). The third-order valence-corrected chi connectivity index (χ3v) is 5.04. The van der Waals surface area contributed by atoms with Crippen LogP contribution in [0.1, 0.15) is 43.2 Å². The predicted molar refractivity (Wildman–Crippen MR) is 94.4 cm³/mol. The maximum Gasteiger partial charge on any atom is 0.334 e. The minimum atomic E-state index is -0.159. The van der Waals surface area contributed by atoms with Crippen LogP contribution in [-0.2, 0) is 16.0 Å². The molecule has 130 valence electrons. The van der Waals surface area contributed by atoms with Crippen molar-refractivity contribution < 1.29 is 14.3 Å². The third-order valence-electron chi connectivity index (χ3n) is 5.04. The second-order valence-electron chi connectivity index (χ2n) is 6.63. The van der Waals surface area contributed by atoms with Crippen LogP contribution in [-0.4, -0.2) is 44.2 Å². The molecule has 1 aliphatic heterocycles. The molecule has 4 nitrogen and oxygen atoms in total. The van der Waals surface area contributed by atoms with Crippen LogP contribution >= 0.6 is 0 Å². The van der Waals surface area contributed by atoms with Crippen molar-refractivity contribution in [1.82, 2.24) is 4.90 Å². The smallest absolute Gasteiger partial charge is 0.334 e. The Bertz CT molecular complexity index is 623. The number of hydrogen-bond acceptors (Lipinski definition) is 4. The Kier molecular flexibility index (Phi) is 5.56. The average Bonchev–Trinajstić information content (AvgIpc) is 2.62. The van der Waals surface area contributed by atoms with Crippen LogP contribution in [0.2, 0.25) is 0 Å². The first-order valence-corrected chi connectivity index (χ1v) is 8.96. The van der Waals surface area contributed by atoms with Gasteiger partial charge < -0.3 is 9.47 Å². The first-order valence-electron chi connectivity index (χ1n) is 8.96. The molecule has 2 aliphatic rings. The summed E-state index contributed by atoms with van der Waals surface area (Å²) in [6, 6.07) is 6.47. The van der Waals surface area contributed by atoms with Crippen molar-refractivity contribution >= 4 is 5.97 Å². The SMILES string of the molecule is CCOC(=O)C1=CCCN(CC2CCCc3ccc(OC)cc32)C1. The van der Waals surface area contributed by atoms with E-state index in [1.165, 1.54) is 24.0 Å². The van der Waals surface area contributed by atoms with Gasteiger partial charge in [-0.15, -0.1) is 0 Å². The zero-order valence-electron chi connectivity index (χ0n) is 14.7. The van der Waals surface area contributed by atoms with E-state index in [-0.39, 0.29) is 5.97 Å². The van der Waals surface area contributed by atoms with E-state index >= 15 is 0 Å². The molecule has 0 spiro atoms. The Morgan fingerprint density at radius 1 is 1.38 bits per heavy atom. The number of methoxy groups -OCH3 is 1. The van der Waals surface area contributed by atoms with E-state index in [9.17, 15) is 4.79 Å². The van der Waals surface area contributed by atoms with Crippen LogP contribution in [0.15, 0.2) is 29.8 Å². The van der Waals surface area contributed by atoms with Crippen molar-refractivity contribution in [2.24, 2.45) is 0 Å². The van der Waals surface area contributed by atoms with Crippen LogP contribution in [0, 0.1) is 0 Å². The van der Waals surface area contributed by atoms with Gasteiger partial charge in [0.05, 0.1) is 13.7 Å². The molecule has 1 atom stereocenters. The van der Waals surface area contributed by atoms with Gasteiger partial charge in [-0.1, -0.05) is 12.1 Å². The van der Waals surface area contributed by atoms with Gasteiger partial charge in [-0.05, 0) is 61.8 Å². The van der Waals surface area contributed by atoms with Crippen molar-refractivity contribution in [2.75, 3.05) is 33.4 Å². The summed E-state index contributed by atoms with van der Waals surface area (Å²) < 4.78 is 10.6. The Morgan fingerprint density at radius 3 is 3.04 bits per heavy atom. The molecule has 1 unspecified atom stereocenters. The number of benzene rings is 1. The Hall–Kier alpha value is -1.81. The summed E-state index contributed by atoms with van der Waals surface area (Å²) in [7, 11) is 1.72. The second kappa shape index (κ2) is 7.84. The summed E-state index contributed by atoms with van der Waals surface area (Å²) in [6.45, 7) is 5.00. The van der Waals surface area contributed by atoms with Gasteiger partial charge in [-0.25, -0.2) is 4.79 Å². The summed E-state index contributed by atoms with van der Waals surface area (Å²) in [6.07, 6.45) is 6.55. The number of rotatable bonds is 5. The van der Waals surface area contributed by atoms with Crippen molar-refractivity contribution in [3.63, 3.8) is 0 Å². The molecule has 0 saturated heterocycles. The quantitative estimate of drug-likeness (QED) is 0.777. The largest absolute Gasteiger partial charge is 0.497 e. The van der Waals surface area contributed by atoms with E-state index in [2.05, 4.69) is 23.1 Å². The van der Waals surface area contributed by atoms with E-state index < -0.39 is 0 Å². The van der Waals surface area contributed by atoms with Gasteiger partial charge in [0.1, 0.15) is 5.75 Å². The topological polar surface area (TPSA) is 38.8 Å². The zero-order chi connectivity index (χ0) is 16.9. The van der Waals surface area contributed by atoms with Crippen LogP contribution in [0.3, 0.4) is 0 Å². The summed E-state index contributed by atoms with van der Waals surface area (Å²) in [5, 5.41) is 0. The van der Waals surface area contributed by atoms with Crippen LogP contribution < -0.4 is 4.74 Å². The molecule has 0 radical (unpaired) electrons. The van der Waals surface area contributed by atoms with Crippen molar-refractivity contribution in [3.8, 4) is 5.75 Å². The molecule has 0 N–H and O–H groups in total. The second-order valence-corrected chi connectivity index (χ2v) is 6.63. The number of hydrogen-bond donors (Lipinski definition) is 0. The lowest BCUT2D eigenvalue weighted by atomic mass is 9.82.